The summed E-state index contributed by atoms with van der Waals surface area (Å²) in [5.74, 6) is 0.710. The van der Waals surface area contributed by atoms with Gasteiger partial charge in [0.05, 0.1) is 23.6 Å². The summed E-state index contributed by atoms with van der Waals surface area (Å²) < 4.78 is 3.33. The minimum Gasteiger partial charge on any atom is -0.340 e. The van der Waals surface area contributed by atoms with Crippen LogP contribution in [0, 0.1) is 0 Å². The molecular formula is C25H18ClN7O2. The number of aryl methyl sites for hydroxylation is 1. The van der Waals surface area contributed by atoms with Crippen LogP contribution in [0.15, 0.2) is 71.9 Å². The number of hydrogen-bond acceptors (Lipinski definition) is 6. The third kappa shape index (κ3) is 3.75. The van der Waals surface area contributed by atoms with Gasteiger partial charge in [0.15, 0.2) is 0 Å². The van der Waals surface area contributed by atoms with E-state index in [0.29, 0.717) is 16.4 Å². The number of tetrazole rings is 1. The molecule has 1 aliphatic heterocycles. The van der Waals surface area contributed by atoms with Crippen LogP contribution in [0.4, 0.5) is 0 Å². The summed E-state index contributed by atoms with van der Waals surface area (Å²) in [7, 11) is 0. The fourth-order valence-electron chi connectivity index (χ4n) is 4.65. The van der Waals surface area contributed by atoms with Crippen molar-refractivity contribution in [1.29, 1.82) is 0 Å². The van der Waals surface area contributed by atoms with Crippen LogP contribution in [0.25, 0.3) is 28.1 Å². The van der Waals surface area contributed by atoms with E-state index in [2.05, 4.69) is 25.5 Å². The molecule has 0 bridgehead atoms. The summed E-state index contributed by atoms with van der Waals surface area (Å²) in [4.78, 5) is 32.4. The highest BCUT2D eigenvalue weighted by Crippen LogP contribution is 2.34. The van der Waals surface area contributed by atoms with Crippen molar-refractivity contribution < 1.29 is 4.79 Å². The lowest BCUT2D eigenvalue weighted by Gasteiger charge is -2.15. The van der Waals surface area contributed by atoms with Crippen molar-refractivity contribution in [3.05, 3.63) is 99.6 Å². The fraction of sp³-hybridized carbons (Fsp3) is 0.120. The number of rotatable bonds is 5. The summed E-state index contributed by atoms with van der Waals surface area (Å²) in [5.41, 5.74) is 5.30. The average Bonchev–Trinajstić information content (AvgIpc) is 3.64. The molecule has 5 aromatic rings. The van der Waals surface area contributed by atoms with Crippen molar-refractivity contribution >= 4 is 17.9 Å². The van der Waals surface area contributed by atoms with E-state index >= 15 is 0 Å². The lowest BCUT2D eigenvalue weighted by Crippen LogP contribution is -2.23. The van der Waals surface area contributed by atoms with E-state index in [0.717, 1.165) is 52.9 Å². The summed E-state index contributed by atoms with van der Waals surface area (Å²) in [5, 5.41) is 12.0. The van der Waals surface area contributed by atoms with E-state index in [1.807, 2.05) is 30.3 Å². The minimum atomic E-state index is -0.201. The Labute approximate surface area is 204 Å². The molecule has 0 amide bonds. The number of pyridine rings is 1. The standard InChI is InChI=1S/C25H18ClN7O2/c26-18-4-6-22(32-14-28-30-31-32)20(11-18)17-9-19-5-7-23(33(19)24(35)10-17)25-27-12-21(29-25)16-3-1-2-15(8-16)13-34/h1-4,6,8-14,23H,5,7H2,(H,27,29)/t23-/m0/s1. The Bertz CT molecular complexity index is 1620. The van der Waals surface area contributed by atoms with Crippen molar-refractivity contribution in [3.63, 3.8) is 0 Å². The SMILES string of the molecule is O=Cc1cccc(-c2cnc([C@@H]3CCc4cc(-c5cc(Cl)ccc5-n5cnnn5)cc(=O)n43)[nH]2)c1. The van der Waals surface area contributed by atoms with E-state index < -0.39 is 0 Å². The number of nitrogens with zero attached hydrogens (tertiary/aromatic N) is 6. The molecule has 0 radical (unpaired) electrons. The van der Waals surface area contributed by atoms with Crippen LogP contribution in [-0.2, 0) is 6.42 Å². The minimum absolute atomic E-state index is 0.122. The Morgan fingerprint density at radius 3 is 2.83 bits per heavy atom. The van der Waals surface area contributed by atoms with Gasteiger partial charge in [-0.3, -0.25) is 9.59 Å². The van der Waals surface area contributed by atoms with Gasteiger partial charge in [0.25, 0.3) is 5.56 Å². The molecule has 1 N–H and O–H groups in total. The first kappa shape index (κ1) is 21.2. The number of aromatic nitrogens is 7. The first-order valence-electron chi connectivity index (χ1n) is 11.0. The second-order valence-electron chi connectivity index (χ2n) is 8.34. The summed E-state index contributed by atoms with van der Waals surface area (Å²) in [6, 6.07) is 16.1. The van der Waals surface area contributed by atoms with Gasteiger partial charge in [0.1, 0.15) is 18.4 Å². The molecule has 3 aromatic heterocycles. The van der Waals surface area contributed by atoms with Crippen molar-refractivity contribution in [2.75, 3.05) is 0 Å². The van der Waals surface area contributed by atoms with Crippen LogP contribution in [0.2, 0.25) is 5.02 Å². The lowest BCUT2D eigenvalue weighted by atomic mass is 10.0. The van der Waals surface area contributed by atoms with Gasteiger partial charge < -0.3 is 9.55 Å². The summed E-state index contributed by atoms with van der Waals surface area (Å²) in [6.07, 6.45) is 5.53. The summed E-state index contributed by atoms with van der Waals surface area (Å²) >= 11 is 6.28. The Morgan fingerprint density at radius 2 is 2.00 bits per heavy atom. The highest BCUT2D eigenvalue weighted by Gasteiger charge is 2.28. The predicted molar refractivity (Wildman–Crippen MR) is 130 cm³/mol. The highest BCUT2D eigenvalue weighted by molar-refractivity contribution is 6.31. The van der Waals surface area contributed by atoms with Gasteiger partial charge in [-0.25, -0.2) is 4.98 Å². The molecule has 2 aromatic carbocycles. The zero-order valence-electron chi connectivity index (χ0n) is 18.3. The molecule has 9 nitrogen and oxygen atoms in total. The number of imidazole rings is 1. The Morgan fingerprint density at radius 1 is 1.09 bits per heavy atom. The van der Waals surface area contributed by atoms with E-state index in [1.165, 1.54) is 6.33 Å². The van der Waals surface area contributed by atoms with Gasteiger partial charge in [-0.15, -0.1) is 5.10 Å². The monoisotopic (exact) mass is 483 g/mol. The average molecular weight is 484 g/mol. The van der Waals surface area contributed by atoms with E-state index in [-0.39, 0.29) is 11.6 Å². The predicted octanol–water partition coefficient (Wildman–Crippen LogP) is 3.88. The van der Waals surface area contributed by atoms with Gasteiger partial charge in [-0.05, 0) is 59.2 Å². The first-order valence-corrected chi connectivity index (χ1v) is 11.4. The molecule has 10 heteroatoms. The van der Waals surface area contributed by atoms with E-state index in [9.17, 15) is 9.59 Å². The number of hydrogen-bond donors (Lipinski definition) is 1. The van der Waals surface area contributed by atoms with Gasteiger partial charge in [-0.2, -0.15) is 4.68 Å². The maximum Gasteiger partial charge on any atom is 0.252 e. The zero-order chi connectivity index (χ0) is 23.9. The maximum atomic E-state index is 13.3. The number of nitrogens with one attached hydrogen (secondary N) is 1. The first-order chi connectivity index (χ1) is 17.1. The van der Waals surface area contributed by atoms with Crippen molar-refractivity contribution in [2.24, 2.45) is 0 Å². The number of benzene rings is 2. The molecule has 4 heterocycles. The molecule has 0 unspecified atom stereocenters. The molecular weight excluding hydrogens is 466 g/mol. The van der Waals surface area contributed by atoms with Crippen LogP contribution in [0.3, 0.4) is 0 Å². The van der Waals surface area contributed by atoms with Crippen LogP contribution in [-0.4, -0.2) is 41.0 Å². The van der Waals surface area contributed by atoms with Gasteiger partial charge >= 0.3 is 0 Å². The quantitative estimate of drug-likeness (QED) is 0.380. The molecule has 6 rings (SSSR count). The molecule has 0 saturated carbocycles. The zero-order valence-corrected chi connectivity index (χ0v) is 19.1. The van der Waals surface area contributed by atoms with E-state index in [4.69, 9.17) is 11.6 Å². The Kier molecular flexibility index (Phi) is 5.11. The van der Waals surface area contributed by atoms with Gasteiger partial charge in [-0.1, -0.05) is 29.8 Å². The second kappa shape index (κ2) is 8.44. The Balaban J connectivity index is 1.38. The number of carbonyl (C=O) groups is 1. The molecule has 0 aliphatic carbocycles. The fourth-order valence-corrected chi connectivity index (χ4v) is 4.82. The molecule has 0 spiro atoms. The van der Waals surface area contributed by atoms with Crippen LogP contribution >= 0.6 is 11.6 Å². The Hall–Kier alpha value is -4.37. The van der Waals surface area contributed by atoms with Crippen LogP contribution < -0.4 is 5.56 Å². The van der Waals surface area contributed by atoms with Crippen molar-refractivity contribution in [3.8, 4) is 28.1 Å². The number of aromatic amines is 1. The second-order valence-corrected chi connectivity index (χ2v) is 8.78. The van der Waals surface area contributed by atoms with E-state index in [1.54, 1.807) is 39.7 Å². The number of aldehydes is 1. The largest absolute Gasteiger partial charge is 0.340 e. The maximum absolute atomic E-state index is 13.3. The molecule has 35 heavy (non-hydrogen) atoms. The number of halogens is 1. The molecule has 1 aliphatic rings. The van der Waals surface area contributed by atoms with Gasteiger partial charge in [0, 0.05) is 33.5 Å². The number of H-pyrrole nitrogens is 1. The van der Waals surface area contributed by atoms with Crippen LogP contribution in [0.5, 0.6) is 0 Å². The van der Waals surface area contributed by atoms with Crippen molar-refractivity contribution in [1.82, 2.24) is 34.7 Å². The number of carbonyl (C=O) groups excluding carboxylic acids is 1. The summed E-state index contributed by atoms with van der Waals surface area (Å²) in [6.45, 7) is 0. The number of fused-ring (bicyclic) bond motifs is 1. The molecule has 0 fully saturated rings. The highest BCUT2D eigenvalue weighted by atomic mass is 35.5. The molecule has 0 saturated heterocycles. The van der Waals surface area contributed by atoms with Crippen molar-refractivity contribution in [2.45, 2.75) is 18.9 Å². The molecule has 172 valence electrons. The smallest absolute Gasteiger partial charge is 0.252 e. The normalized spacial score (nSPS) is 14.7. The molecule has 1 atom stereocenters. The van der Waals surface area contributed by atoms with Gasteiger partial charge in [0.2, 0.25) is 0 Å². The topological polar surface area (TPSA) is 111 Å². The lowest BCUT2D eigenvalue weighted by molar-refractivity contribution is 0.112. The third-order valence-electron chi connectivity index (χ3n) is 6.24. The third-order valence-corrected chi connectivity index (χ3v) is 6.48. The van der Waals surface area contributed by atoms with Crippen LogP contribution in [0.1, 0.15) is 34.3 Å².